The lowest BCUT2D eigenvalue weighted by atomic mass is 10.7. The summed E-state index contributed by atoms with van der Waals surface area (Å²) in [5, 5.41) is 0.536. The summed E-state index contributed by atoms with van der Waals surface area (Å²) < 4.78 is 4.90. The van der Waals surface area contributed by atoms with Gasteiger partial charge in [0.05, 0.1) is 11.6 Å². The molecule has 0 N–H and O–H groups in total. The smallest absolute Gasteiger partial charge is 0.0831 e. The van der Waals surface area contributed by atoms with Gasteiger partial charge in [0.25, 0.3) is 0 Å². The van der Waals surface area contributed by atoms with Crippen LogP contribution in [0.3, 0.4) is 0 Å². The highest BCUT2D eigenvalue weighted by Crippen LogP contribution is 2.02. The molecule has 0 aromatic rings. The average Bonchev–Trinajstić information content (AvgIpc) is 1.83. The maximum atomic E-state index is 5.45. The molecule has 0 aromatic heterocycles. The molecule has 0 saturated heterocycles. The molecule has 0 heterocycles. The number of hydrogen-bond acceptors (Lipinski definition) is 1. The number of rotatable bonds is 3. The molecule has 0 bridgehead atoms. The van der Waals surface area contributed by atoms with Gasteiger partial charge in [-0.05, 0) is 6.92 Å². The Hall–Kier alpha value is 0.280. The highest BCUT2D eigenvalue weighted by molar-refractivity contribution is 6.36. The first kappa shape index (κ1) is 8.28. The highest BCUT2D eigenvalue weighted by Gasteiger charge is 1.86. The zero-order chi connectivity index (χ0) is 6.41. The lowest BCUT2D eigenvalue weighted by Gasteiger charge is -1.94. The fourth-order valence-electron chi connectivity index (χ4n) is 0.231. The third-order valence-electron chi connectivity index (χ3n) is 0.562. The van der Waals surface area contributed by atoms with Crippen LogP contribution in [-0.4, -0.2) is 13.2 Å². The van der Waals surface area contributed by atoms with Gasteiger partial charge in [-0.2, -0.15) is 0 Å². The maximum Gasteiger partial charge on any atom is 0.0831 e. The van der Waals surface area contributed by atoms with Crippen LogP contribution in [0.4, 0.5) is 0 Å². The normalized spacial score (nSPS) is 12.1. The summed E-state index contributed by atoms with van der Waals surface area (Å²) in [6.07, 6.45) is 0. The van der Waals surface area contributed by atoms with Gasteiger partial charge in [0.2, 0.25) is 0 Å². The Bertz CT molecular complexity index is 80.5. The Morgan fingerprint density at radius 3 is 2.75 bits per heavy atom. The van der Waals surface area contributed by atoms with E-state index in [0.29, 0.717) is 18.2 Å². The monoisotopic (exact) mass is 154 g/mol. The van der Waals surface area contributed by atoms with Gasteiger partial charge in [-0.25, -0.2) is 0 Å². The second-order valence-electron chi connectivity index (χ2n) is 1.19. The van der Waals surface area contributed by atoms with Crippen LogP contribution in [0.2, 0.25) is 0 Å². The minimum absolute atomic E-state index is 0.418. The number of ether oxygens (including phenoxy) is 1. The Kier molecular flexibility index (Phi) is 5.61. The van der Waals surface area contributed by atoms with E-state index in [9.17, 15) is 0 Å². The molecule has 0 saturated carbocycles. The fourth-order valence-corrected chi connectivity index (χ4v) is 0.371. The molecule has 3 heteroatoms. The fraction of sp³-hybridized carbons (Fsp3) is 0.600. The Balaban J connectivity index is 3.12. The molecule has 1 nitrogen and oxygen atoms in total. The molecule has 0 rings (SSSR count). The van der Waals surface area contributed by atoms with Crippen LogP contribution < -0.4 is 0 Å². The molecule has 0 fully saturated rings. The van der Waals surface area contributed by atoms with Crippen molar-refractivity contribution in [3.05, 3.63) is 10.6 Å². The van der Waals surface area contributed by atoms with Crippen molar-refractivity contribution in [2.24, 2.45) is 0 Å². The van der Waals surface area contributed by atoms with Crippen molar-refractivity contribution in [1.29, 1.82) is 0 Å². The van der Waals surface area contributed by atoms with Crippen LogP contribution in [0.15, 0.2) is 10.6 Å². The topological polar surface area (TPSA) is 9.23 Å². The van der Waals surface area contributed by atoms with Gasteiger partial charge in [0.15, 0.2) is 0 Å². The van der Waals surface area contributed by atoms with Gasteiger partial charge in [0.1, 0.15) is 0 Å². The van der Waals surface area contributed by atoms with Gasteiger partial charge < -0.3 is 4.74 Å². The van der Waals surface area contributed by atoms with Crippen LogP contribution in [0.5, 0.6) is 0 Å². The van der Waals surface area contributed by atoms with E-state index in [4.69, 9.17) is 27.9 Å². The molecule has 0 aliphatic heterocycles. The first-order valence-corrected chi connectivity index (χ1v) is 3.15. The van der Waals surface area contributed by atoms with Crippen LogP contribution >= 0.6 is 23.2 Å². The van der Waals surface area contributed by atoms with Gasteiger partial charge in [0, 0.05) is 12.1 Å². The van der Waals surface area contributed by atoms with Crippen molar-refractivity contribution in [3.63, 3.8) is 0 Å². The molecule has 0 aliphatic rings. The Morgan fingerprint density at radius 1 is 1.75 bits per heavy atom. The third kappa shape index (κ3) is 4.44. The van der Waals surface area contributed by atoms with Crippen LogP contribution in [-0.2, 0) is 4.74 Å². The summed E-state index contributed by atoms with van der Waals surface area (Å²) in [5.41, 5.74) is 1.30. The molecule has 0 aromatic carbocycles. The second kappa shape index (κ2) is 5.42. The minimum Gasteiger partial charge on any atom is -0.376 e. The van der Waals surface area contributed by atoms with Crippen molar-refractivity contribution < 1.29 is 4.74 Å². The molecule has 0 radical (unpaired) electrons. The molecule has 0 amide bonds. The molecule has 48 valence electrons. The van der Waals surface area contributed by atoms with Gasteiger partial charge in [-0.1, -0.05) is 23.2 Å². The van der Waals surface area contributed by atoms with E-state index in [2.05, 4.69) is 0 Å². The van der Waals surface area contributed by atoms with E-state index < -0.39 is 0 Å². The molecule has 0 unspecified atom stereocenters. The summed E-state index contributed by atoms with van der Waals surface area (Å²) in [5.74, 6) is 0. The second-order valence-corrected chi connectivity index (χ2v) is 1.90. The molecular weight excluding hydrogens is 147 g/mol. The molecular formula is C5H8Cl2O. The molecule has 8 heavy (non-hydrogen) atoms. The maximum absolute atomic E-state index is 5.45. The molecule has 0 atom stereocenters. The van der Waals surface area contributed by atoms with E-state index in [1.807, 2.05) is 6.92 Å². The van der Waals surface area contributed by atoms with Crippen molar-refractivity contribution in [1.82, 2.24) is 0 Å². The average molecular weight is 155 g/mol. The first-order chi connectivity index (χ1) is 3.81. The summed E-state index contributed by atoms with van der Waals surface area (Å²) in [4.78, 5) is 0. The van der Waals surface area contributed by atoms with Crippen LogP contribution in [0, 0.1) is 0 Å². The molecule has 0 aliphatic carbocycles. The quantitative estimate of drug-likeness (QED) is 0.607. The van der Waals surface area contributed by atoms with Crippen molar-refractivity contribution in [2.45, 2.75) is 6.92 Å². The standard InChI is InChI=1S/C5H8Cl2O/c1-2-8-4-5(7)3-6/h3H,2,4H2,1H3/b5-3-. The zero-order valence-corrected chi connectivity index (χ0v) is 6.17. The predicted octanol–water partition coefficient (Wildman–Crippen LogP) is 2.34. The van der Waals surface area contributed by atoms with E-state index >= 15 is 0 Å². The first-order valence-electron chi connectivity index (χ1n) is 2.33. The lowest BCUT2D eigenvalue weighted by molar-refractivity contribution is 0.175. The van der Waals surface area contributed by atoms with Gasteiger partial charge in [-0.3, -0.25) is 0 Å². The number of hydrogen-bond donors (Lipinski definition) is 0. The van der Waals surface area contributed by atoms with E-state index in [0.717, 1.165) is 0 Å². The number of halogens is 2. The largest absolute Gasteiger partial charge is 0.376 e. The van der Waals surface area contributed by atoms with Crippen LogP contribution in [0.1, 0.15) is 6.92 Å². The van der Waals surface area contributed by atoms with E-state index in [1.54, 1.807) is 0 Å². The van der Waals surface area contributed by atoms with Crippen molar-refractivity contribution >= 4 is 23.2 Å². The summed E-state index contributed by atoms with van der Waals surface area (Å²) in [7, 11) is 0. The third-order valence-corrected chi connectivity index (χ3v) is 1.16. The van der Waals surface area contributed by atoms with Crippen molar-refractivity contribution in [2.75, 3.05) is 13.2 Å². The van der Waals surface area contributed by atoms with Gasteiger partial charge in [-0.15, -0.1) is 0 Å². The van der Waals surface area contributed by atoms with Crippen molar-refractivity contribution in [3.8, 4) is 0 Å². The lowest BCUT2D eigenvalue weighted by Crippen LogP contribution is -1.91. The Morgan fingerprint density at radius 2 is 2.38 bits per heavy atom. The minimum atomic E-state index is 0.418. The van der Waals surface area contributed by atoms with Crippen LogP contribution in [0.25, 0.3) is 0 Å². The molecule has 0 spiro atoms. The van der Waals surface area contributed by atoms with E-state index in [1.165, 1.54) is 5.54 Å². The van der Waals surface area contributed by atoms with Gasteiger partial charge >= 0.3 is 0 Å². The summed E-state index contributed by atoms with van der Waals surface area (Å²) in [6.45, 7) is 2.99. The Labute approximate surface area is 59.2 Å². The zero-order valence-electron chi connectivity index (χ0n) is 4.66. The SMILES string of the molecule is CCOC/C(Cl)=C/Cl. The summed E-state index contributed by atoms with van der Waals surface area (Å²) in [6, 6.07) is 0. The predicted molar refractivity (Wildman–Crippen MR) is 36.3 cm³/mol. The summed E-state index contributed by atoms with van der Waals surface area (Å²) >= 11 is 10.7. The highest BCUT2D eigenvalue weighted by atomic mass is 35.5. The van der Waals surface area contributed by atoms with E-state index in [-0.39, 0.29) is 0 Å².